The fraction of sp³-hybridized carbons (Fsp3) is 0.0769. The van der Waals surface area contributed by atoms with Gasteiger partial charge in [0.25, 0.3) is 17.7 Å². The maximum atomic E-state index is 13.1. The van der Waals surface area contributed by atoms with Gasteiger partial charge in [-0.2, -0.15) is 0 Å². The number of imide groups is 1. The first-order valence-corrected chi connectivity index (χ1v) is 11.2. The van der Waals surface area contributed by atoms with Gasteiger partial charge in [0.1, 0.15) is 16.5 Å². The van der Waals surface area contributed by atoms with Crippen molar-refractivity contribution in [3.8, 4) is 0 Å². The number of nitrogens with zero attached hydrogens (tertiary/aromatic N) is 1. The molecule has 1 aliphatic rings. The van der Waals surface area contributed by atoms with Crippen molar-refractivity contribution in [2.45, 2.75) is 6.92 Å². The van der Waals surface area contributed by atoms with Crippen LogP contribution in [0, 0.1) is 5.82 Å². The van der Waals surface area contributed by atoms with Gasteiger partial charge in [-0.3, -0.25) is 14.4 Å². The molecule has 4 rings (SSSR count). The maximum Gasteiger partial charge on any atom is 0.338 e. The average Bonchev–Trinajstić information content (AvgIpc) is 3.08. The zero-order valence-electron chi connectivity index (χ0n) is 18.9. The highest BCUT2D eigenvalue weighted by Gasteiger charge is 2.39. The van der Waals surface area contributed by atoms with Gasteiger partial charge in [0.2, 0.25) is 0 Å². The second-order valence-electron chi connectivity index (χ2n) is 7.57. The molecule has 3 aromatic rings. The molecule has 0 aliphatic carbocycles. The van der Waals surface area contributed by atoms with Crippen molar-refractivity contribution in [2.24, 2.45) is 0 Å². The number of carbonyl (C=O) groups excluding carboxylic acids is 4. The van der Waals surface area contributed by atoms with Crippen LogP contribution >= 0.6 is 11.6 Å². The summed E-state index contributed by atoms with van der Waals surface area (Å²) in [5.74, 6) is -2.98. The smallest absolute Gasteiger partial charge is 0.338 e. The number of halogens is 2. The topological polar surface area (TPSA) is 105 Å². The first kappa shape index (κ1) is 24.6. The van der Waals surface area contributed by atoms with Crippen LogP contribution in [0.4, 0.5) is 21.5 Å². The van der Waals surface area contributed by atoms with Crippen LogP contribution in [0.1, 0.15) is 27.6 Å². The molecule has 2 N–H and O–H groups in total. The molecular formula is C26H19ClFN3O5. The average molecular weight is 508 g/mol. The van der Waals surface area contributed by atoms with E-state index in [0.717, 1.165) is 4.90 Å². The van der Waals surface area contributed by atoms with Crippen LogP contribution in [-0.4, -0.2) is 30.3 Å². The van der Waals surface area contributed by atoms with Crippen molar-refractivity contribution >= 4 is 52.4 Å². The number of hydrogen-bond acceptors (Lipinski definition) is 6. The van der Waals surface area contributed by atoms with E-state index in [0.29, 0.717) is 11.4 Å². The number of amides is 3. The Morgan fingerprint density at radius 2 is 1.61 bits per heavy atom. The second kappa shape index (κ2) is 10.4. The van der Waals surface area contributed by atoms with Crippen LogP contribution in [-0.2, 0) is 14.3 Å². The van der Waals surface area contributed by atoms with Crippen LogP contribution in [0.5, 0.6) is 0 Å². The van der Waals surface area contributed by atoms with Crippen molar-refractivity contribution in [2.75, 3.05) is 22.1 Å². The standard InChI is InChI=1S/C26H19ClFN3O5/c1-2-36-26(35)16-6-4-8-20(14-16)31-24(33)21(27)22(25(31)34)29-19-7-3-5-15(13-19)23(32)30-18-11-9-17(28)10-12-18/h3-14,29H,2H2,1H3,(H,30,32). The molecule has 8 nitrogen and oxygen atoms in total. The van der Waals surface area contributed by atoms with E-state index in [4.69, 9.17) is 16.3 Å². The Kier molecular flexibility index (Phi) is 7.12. The zero-order valence-corrected chi connectivity index (χ0v) is 19.6. The number of benzene rings is 3. The summed E-state index contributed by atoms with van der Waals surface area (Å²) in [6.45, 7) is 1.84. The normalized spacial score (nSPS) is 13.1. The molecule has 36 heavy (non-hydrogen) atoms. The summed E-state index contributed by atoms with van der Waals surface area (Å²) in [5.41, 5.74) is 1.13. The van der Waals surface area contributed by atoms with Crippen molar-refractivity contribution < 1.29 is 28.3 Å². The lowest BCUT2D eigenvalue weighted by Gasteiger charge is -2.16. The SMILES string of the molecule is CCOC(=O)c1cccc(N2C(=O)C(Cl)=C(Nc3cccc(C(=O)Nc4ccc(F)cc4)c3)C2=O)c1. The molecule has 0 fully saturated rings. The van der Waals surface area contributed by atoms with E-state index in [2.05, 4.69) is 10.6 Å². The van der Waals surface area contributed by atoms with E-state index in [1.165, 1.54) is 54.6 Å². The number of hydrogen-bond donors (Lipinski definition) is 2. The predicted octanol–water partition coefficient (Wildman–Crippen LogP) is 4.69. The van der Waals surface area contributed by atoms with Gasteiger partial charge in [-0.15, -0.1) is 0 Å². The molecule has 0 unspecified atom stereocenters. The first-order chi connectivity index (χ1) is 17.3. The van der Waals surface area contributed by atoms with E-state index in [9.17, 15) is 23.6 Å². The van der Waals surface area contributed by atoms with Gasteiger partial charge in [-0.25, -0.2) is 14.1 Å². The van der Waals surface area contributed by atoms with Crippen LogP contribution < -0.4 is 15.5 Å². The summed E-state index contributed by atoms with van der Waals surface area (Å²) >= 11 is 6.20. The van der Waals surface area contributed by atoms with Crippen molar-refractivity contribution in [3.05, 3.63) is 100 Å². The minimum Gasteiger partial charge on any atom is -0.462 e. The Bertz CT molecular complexity index is 1400. The van der Waals surface area contributed by atoms with Gasteiger partial charge in [0.15, 0.2) is 0 Å². The van der Waals surface area contributed by atoms with Crippen molar-refractivity contribution in [3.63, 3.8) is 0 Å². The third kappa shape index (κ3) is 5.11. The number of anilines is 3. The van der Waals surface area contributed by atoms with Gasteiger partial charge in [-0.1, -0.05) is 23.7 Å². The minimum absolute atomic E-state index is 0.151. The lowest BCUT2D eigenvalue weighted by Crippen LogP contribution is -2.32. The maximum absolute atomic E-state index is 13.1. The van der Waals surface area contributed by atoms with E-state index in [1.807, 2.05) is 0 Å². The van der Waals surface area contributed by atoms with Gasteiger partial charge >= 0.3 is 5.97 Å². The van der Waals surface area contributed by atoms with Gasteiger partial charge in [0, 0.05) is 16.9 Å². The summed E-state index contributed by atoms with van der Waals surface area (Å²) in [6, 6.07) is 17.4. The molecule has 0 aromatic heterocycles. The Hall–Kier alpha value is -4.50. The Morgan fingerprint density at radius 1 is 0.917 bits per heavy atom. The van der Waals surface area contributed by atoms with Crippen LogP contribution in [0.3, 0.4) is 0 Å². The van der Waals surface area contributed by atoms with Gasteiger partial charge in [0.05, 0.1) is 17.9 Å². The Labute approximate surface area is 210 Å². The number of rotatable bonds is 7. The lowest BCUT2D eigenvalue weighted by atomic mass is 10.1. The number of carbonyl (C=O) groups is 4. The molecule has 3 aromatic carbocycles. The molecular weight excluding hydrogens is 489 g/mol. The molecule has 0 saturated carbocycles. The number of esters is 1. The molecule has 10 heteroatoms. The lowest BCUT2D eigenvalue weighted by molar-refractivity contribution is -0.120. The molecule has 1 aliphatic heterocycles. The van der Waals surface area contributed by atoms with Crippen LogP contribution in [0.2, 0.25) is 0 Å². The highest BCUT2D eigenvalue weighted by molar-refractivity contribution is 6.53. The summed E-state index contributed by atoms with van der Waals surface area (Å²) < 4.78 is 18.1. The molecule has 0 saturated heterocycles. The largest absolute Gasteiger partial charge is 0.462 e. The van der Waals surface area contributed by atoms with E-state index < -0.39 is 29.5 Å². The Morgan fingerprint density at radius 3 is 2.33 bits per heavy atom. The fourth-order valence-electron chi connectivity index (χ4n) is 3.45. The number of ether oxygens (including phenoxy) is 1. The van der Waals surface area contributed by atoms with E-state index in [-0.39, 0.29) is 34.2 Å². The molecule has 182 valence electrons. The summed E-state index contributed by atoms with van der Waals surface area (Å²) in [5, 5.41) is 5.11. The molecule has 1 heterocycles. The van der Waals surface area contributed by atoms with E-state index in [1.54, 1.807) is 25.1 Å². The van der Waals surface area contributed by atoms with Crippen LogP contribution in [0.15, 0.2) is 83.5 Å². The van der Waals surface area contributed by atoms with Crippen molar-refractivity contribution in [1.82, 2.24) is 0 Å². The minimum atomic E-state index is -0.768. The van der Waals surface area contributed by atoms with Crippen molar-refractivity contribution in [1.29, 1.82) is 0 Å². The van der Waals surface area contributed by atoms with E-state index >= 15 is 0 Å². The fourth-order valence-corrected chi connectivity index (χ4v) is 3.66. The monoisotopic (exact) mass is 507 g/mol. The quantitative estimate of drug-likeness (QED) is 0.355. The third-order valence-corrected chi connectivity index (χ3v) is 5.49. The highest BCUT2D eigenvalue weighted by Crippen LogP contribution is 2.31. The van der Waals surface area contributed by atoms with Crippen LogP contribution in [0.25, 0.3) is 0 Å². The molecule has 0 spiro atoms. The third-order valence-electron chi connectivity index (χ3n) is 5.14. The molecule has 0 bridgehead atoms. The Balaban J connectivity index is 1.53. The first-order valence-electron chi connectivity index (χ1n) is 10.8. The number of nitrogens with one attached hydrogen (secondary N) is 2. The predicted molar refractivity (Wildman–Crippen MR) is 132 cm³/mol. The molecule has 3 amide bonds. The highest BCUT2D eigenvalue weighted by atomic mass is 35.5. The van der Waals surface area contributed by atoms with Gasteiger partial charge in [-0.05, 0) is 67.6 Å². The molecule has 0 atom stereocenters. The summed E-state index contributed by atoms with van der Waals surface area (Å²) in [7, 11) is 0. The molecule has 0 radical (unpaired) electrons. The summed E-state index contributed by atoms with van der Waals surface area (Å²) in [6.07, 6.45) is 0. The summed E-state index contributed by atoms with van der Waals surface area (Å²) in [4.78, 5) is 51.4. The van der Waals surface area contributed by atoms with Gasteiger partial charge < -0.3 is 15.4 Å². The second-order valence-corrected chi connectivity index (χ2v) is 7.95. The zero-order chi connectivity index (χ0) is 25.8.